The Kier molecular flexibility index (Phi) is 7.80. The summed E-state index contributed by atoms with van der Waals surface area (Å²) in [4.78, 5) is 24.6. The first kappa shape index (κ1) is 24.4. The van der Waals surface area contributed by atoms with Crippen LogP contribution in [0.3, 0.4) is 0 Å². The summed E-state index contributed by atoms with van der Waals surface area (Å²) in [6.45, 7) is 4.67. The number of amides is 1. The number of carbonyl (C=O) groups is 2. The fourth-order valence-corrected chi connectivity index (χ4v) is 4.43. The van der Waals surface area contributed by atoms with Crippen molar-refractivity contribution in [1.82, 2.24) is 0 Å². The quantitative estimate of drug-likeness (QED) is 0.554. The number of anilines is 2. The molecule has 0 bridgehead atoms. The number of carbonyl (C=O) groups excluding carboxylic acids is 2. The number of esters is 1. The lowest BCUT2D eigenvalue weighted by molar-refractivity contribution is -0.116. The molecule has 1 amide bonds. The van der Waals surface area contributed by atoms with Crippen LogP contribution in [0, 0.1) is 6.92 Å². The number of benzene rings is 2. The summed E-state index contributed by atoms with van der Waals surface area (Å²) < 4.78 is 42.1. The number of sulfonamides is 1. The topological polar surface area (TPSA) is 111 Å². The molecule has 2 aromatic rings. The Morgan fingerprint density at radius 3 is 2.55 bits per heavy atom. The highest BCUT2D eigenvalue weighted by atomic mass is 32.2. The van der Waals surface area contributed by atoms with Gasteiger partial charge in [-0.15, -0.1) is 0 Å². The van der Waals surface area contributed by atoms with Crippen LogP contribution < -0.4 is 19.1 Å². The minimum absolute atomic E-state index is 0.0969. The normalized spacial score (nSPS) is 12.7. The van der Waals surface area contributed by atoms with Crippen LogP contribution >= 0.6 is 0 Å². The Hall–Kier alpha value is -3.27. The summed E-state index contributed by atoms with van der Waals surface area (Å²) in [7, 11) is -3.57. The molecule has 0 aliphatic carbocycles. The molecule has 0 atom stereocenters. The molecule has 3 rings (SSSR count). The van der Waals surface area contributed by atoms with Gasteiger partial charge in [0.25, 0.3) is 0 Å². The van der Waals surface area contributed by atoms with Crippen molar-refractivity contribution in [3.05, 3.63) is 47.5 Å². The second-order valence-corrected chi connectivity index (χ2v) is 9.42. The molecule has 2 aromatic carbocycles. The van der Waals surface area contributed by atoms with Crippen molar-refractivity contribution < 1.29 is 32.2 Å². The van der Waals surface area contributed by atoms with E-state index >= 15 is 0 Å². The molecule has 1 aliphatic heterocycles. The van der Waals surface area contributed by atoms with Crippen molar-refractivity contribution in [3.63, 3.8) is 0 Å². The van der Waals surface area contributed by atoms with Crippen LogP contribution in [-0.2, 0) is 19.6 Å². The van der Waals surface area contributed by atoms with Gasteiger partial charge in [-0.3, -0.25) is 9.10 Å². The zero-order valence-electron chi connectivity index (χ0n) is 18.9. The van der Waals surface area contributed by atoms with Gasteiger partial charge in [0.1, 0.15) is 13.2 Å². The van der Waals surface area contributed by atoms with Gasteiger partial charge in [-0.25, -0.2) is 13.2 Å². The maximum absolute atomic E-state index is 12.5. The summed E-state index contributed by atoms with van der Waals surface area (Å²) in [5.41, 5.74) is 1.95. The molecule has 9 nitrogen and oxygen atoms in total. The average molecular weight is 477 g/mol. The Morgan fingerprint density at radius 1 is 1.12 bits per heavy atom. The largest absolute Gasteiger partial charge is 0.486 e. The first-order valence-corrected chi connectivity index (χ1v) is 12.5. The highest BCUT2D eigenvalue weighted by molar-refractivity contribution is 7.92. The predicted octanol–water partition coefficient (Wildman–Crippen LogP) is 3.13. The number of rotatable bonds is 9. The maximum atomic E-state index is 12.5. The summed E-state index contributed by atoms with van der Waals surface area (Å²) in [5.74, 6) is 0.324. The van der Waals surface area contributed by atoms with Gasteiger partial charge in [0.2, 0.25) is 15.9 Å². The van der Waals surface area contributed by atoms with Crippen molar-refractivity contribution in [2.45, 2.75) is 26.7 Å². The van der Waals surface area contributed by atoms with Gasteiger partial charge >= 0.3 is 5.97 Å². The molecule has 10 heteroatoms. The van der Waals surface area contributed by atoms with Gasteiger partial charge in [0.15, 0.2) is 11.5 Å². The predicted molar refractivity (Wildman–Crippen MR) is 125 cm³/mol. The van der Waals surface area contributed by atoms with Crippen LogP contribution in [0.5, 0.6) is 11.5 Å². The van der Waals surface area contributed by atoms with E-state index in [2.05, 4.69) is 5.32 Å². The monoisotopic (exact) mass is 476 g/mol. The van der Waals surface area contributed by atoms with Crippen molar-refractivity contribution in [2.24, 2.45) is 0 Å². The summed E-state index contributed by atoms with van der Waals surface area (Å²) in [6.07, 6.45) is 1.51. The Balaban J connectivity index is 1.64. The van der Waals surface area contributed by atoms with Crippen molar-refractivity contribution >= 4 is 33.3 Å². The number of nitrogens with zero attached hydrogens (tertiary/aromatic N) is 1. The summed E-state index contributed by atoms with van der Waals surface area (Å²) >= 11 is 0. The van der Waals surface area contributed by atoms with Crippen molar-refractivity contribution in [1.29, 1.82) is 0 Å². The molecule has 0 fully saturated rings. The van der Waals surface area contributed by atoms with Crippen LogP contribution in [-0.4, -0.2) is 52.9 Å². The maximum Gasteiger partial charge on any atom is 0.338 e. The van der Waals surface area contributed by atoms with Crippen LogP contribution in [0.1, 0.15) is 35.7 Å². The van der Waals surface area contributed by atoms with E-state index in [9.17, 15) is 18.0 Å². The number of nitrogens with one attached hydrogen (secondary N) is 1. The van der Waals surface area contributed by atoms with Gasteiger partial charge in [-0.1, -0.05) is 6.07 Å². The van der Waals surface area contributed by atoms with Crippen LogP contribution in [0.4, 0.5) is 11.4 Å². The molecule has 0 unspecified atom stereocenters. The van der Waals surface area contributed by atoms with Gasteiger partial charge in [0.05, 0.1) is 24.1 Å². The van der Waals surface area contributed by atoms with E-state index in [4.69, 9.17) is 14.2 Å². The minimum atomic E-state index is -3.57. The van der Waals surface area contributed by atoms with Crippen LogP contribution in [0.2, 0.25) is 0 Å². The van der Waals surface area contributed by atoms with E-state index in [0.717, 1.165) is 6.26 Å². The molecule has 33 heavy (non-hydrogen) atoms. The molecule has 0 saturated heterocycles. The highest BCUT2D eigenvalue weighted by Crippen LogP contribution is 2.34. The molecular formula is C23H28N2O7S. The number of hydrogen-bond donors (Lipinski definition) is 1. The fourth-order valence-electron chi connectivity index (χ4n) is 3.47. The van der Waals surface area contributed by atoms with Gasteiger partial charge in [-0.2, -0.15) is 0 Å². The van der Waals surface area contributed by atoms with Crippen molar-refractivity contribution in [3.8, 4) is 11.5 Å². The lowest BCUT2D eigenvalue weighted by Crippen LogP contribution is -2.31. The lowest BCUT2D eigenvalue weighted by atomic mass is 10.1. The molecule has 1 heterocycles. The third-order valence-electron chi connectivity index (χ3n) is 5.08. The fraction of sp³-hybridized carbons (Fsp3) is 0.391. The molecule has 0 spiro atoms. The summed E-state index contributed by atoms with van der Waals surface area (Å²) in [5, 5.41) is 2.79. The number of ether oxygens (including phenoxy) is 3. The number of fused-ring (bicyclic) bond motifs is 1. The van der Waals surface area contributed by atoms with E-state index in [1.54, 1.807) is 50.2 Å². The Morgan fingerprint density at radius 2 is 1.85 bits per heavy atom. The van der Waals surface area contributed by atoms with Gasteiger partial charge < -0.3 is 19.5 Å². The van der Waals surface area contributed by atoms with E-state index in [1.165, 1.54) is 4.31 Å². The van der Waals surface area contributed by atoms with Gasteiger partial charge in [0, 0.05) is 24.7 Å². The van der Waals surface area contributed by atoms with Crippen LogP contribution in [0.15, 0.2) is 36.4 Å². The third-order valence-corrected chi connectivity index (χ3v) is 6.28. The molecule has 0 saturated carbocycles. The second-order valence-electron chi connectivity index (χ2n) is 7.51. The van der Waals surface area contributed by atoms with Gasteiger partial charge in [-0.05, 0) is 50.1 Å². The smallest absolute Gasteiger partial charge is 0.338 e. The van der Waals surface area contributed by atoms with Crippen LogP contribution in [0.25, 0.3) is 0 Å². The standard InChI is InChI=1S/C23H28N2O7S/c1-4-30-23(27)18-7-5-8-19(16(18)2)24-22(26)9-6-12-25(33(3,28)29)17-10-11-20-21(15-17)32-14-13-31-20/h5,7-8,10-11,15H,4,6,9,12-14H2,1-3H3,(H,24,26). The lowest BCUT2D eigenvalue weighted by Gasteiger charge is -2.25. The molecule has 1 aliphatic rings. The SMILES string of the molecule is CCOC(=O)c1cccc(NC(=O)CCCN(c2ccc3c(c2)OCCO3)S(C)(=O)=O)c1C. The Labute approximate surface area is 193 Å². The average Bonchev–Trinajstić information content (AvgIpc) is 2.77. The van der Waals surface area contributed by atoms with E-state index in [-0.39, 0.29) is 25.5 Å². The molecule has 178 valence electrons. The second kappa shape index (κ2) is 10.6. The molecule has 0 aromatic heterocycles. The minimum Gasteiger partial charge on any atom is -0.486 e. The van der Waals surface area contributed by atoms with E-state index < -0.39 is 16.0 Å². The first-order valence-electron chi connectivity index (χ1n) is 10.6. The highest BCUT2D eigenvalue weighted by Gasteiger charge is 2.21. The number of hydrogen-bond acceptors (Lipinski definition) is 7. The summed E-state index contributed by atoms with van der Waals surface area (Å²) in [6, 6.07) is 9.96. The van der Waals surface area contributed by atoms with Crippen molar-refractivity contribution in [2.75, 3.05) is 42.2 Å². The molecule has 0 radical (unpaired) electrons. The van der Waals surface area contributed by atoms with E-state index in [0.29, 0.717) is 53.6 Å². The van der Waals surface area contributed by atoms with E-state index in [1.807, 2.05) is 0 Å². The third kappa shape index (κ3) is 6.16. The zero-order valence-corrected chi connectivity index (χ0v) is 19.7. The molecular weight excluding hydrogens is 448 g/mol. The Bertz CT molecular complexity index is 1130. The first-order chi connectivity index (χ1) is 15.7. The zero-order chi connectivity index (χ0) is 24.0. The molecule has 1 N–H and O–H groups in total.